The van der Waals surface area contributed by atoms with Gasteiger partial charge in [-0.1, -0.05) is 31.2 Å². The van der Waals surface area contributed by atoms with E-state index in [0.29, 0.717) is 23.3 Å². The van der Waals surface area contributed by atoms with Gasteiger partial charge < -0.3 is 5.32 Å². The quantitative estimate of drug-likeness (QED) is 0.470. The van der Waals surface area contributed by atoms with Crippen LogP contribution in [0.25, 0.3) is 11.0 Å². The molecule has 2 aromatic carbocycles. The number of fused-ring (bicyclic) bond motifs is 1. The van der Waals surface area contributed by atoms with Gasteiger partial charge in [0.1, 0.15) is 12.4 Å². The van der Waals surface area contributed by atoms with Crippen LogP contribution in [0.1, 0.15) is 25.0 Å². The van der Waals surface area contributed by atoms with Gasteiger partial charge in [0.05, 0.1) is 12.1 Å². The number of amides is 1. The molecule has 0 saturated carbocycles. The van der Waals surface area contributed by atoms with E-state index >= 15 is 0 Å². The topological polar surface area (TPSA) is 90.9 Å². The Balaban J connectivity index is 1.74. The second-order valence-electron chi connectivity index (χ2n) is 7.71. The number of benzene rings is 2. The van der Waals surface area contributed by atoms with Crippen molar-refractivity contribution in [1.29, 1.82) is 0 Å². The van der Waals surface area contributed by atoms with Crippen molar-refractivity contribution in [2.75, 3.05) is 5.32 Å². The number of hydrogen-bond donors (Lipinski definition) is 1. The van der Waals surface area contributed by atoms with Crippen LogP contribution < -0.4 is 16.6 Å². The van der Waals surface area contributed by atoms with Crippen molar-refractivity contribution in [3.63, 3.8) is 0 Å². The number of aryl methyl sites for hydroxylation is 2. The summed E-state index contributed by atoms with van der Waals surface area (Å²) in [5.74, 6) is -0.813. The van der Waals surface area contributed by atoms with Gasteiger partial charge in [-0.15, -0.1) is 0 Å². The largest absolute Gasteiger partial charge is 0.332 e. The van der Waals surface area contributed by atoms with Gasteiger partial charge >= 0.3 is 5.69 Å². The van der Waals surface area contributed by atoms with E-state index in [-0.39, 0.29) is 18.6 Å². The van der Waals surface area contributed by atoms with Crippen molar-refractivity contribution in [1.82, 2.24) is 18.9 Å². The molecule has 0 radical (unpaired) electrons. The van der Waals surface area contributed by atoms with Crippen LogP contribution in [0.4, 0.5) is 10.1 Å². The predicted molar refractivity (Wildman–Crippen MR) is 124 cm³/mol. The van der Waals surface area contributed by atoms with Crippen molar-refractivity contribution in [2.24, 2.45) is 0 Å². The molecule has 4 rings (SSSR count). The van der Waals surface area contributed by atoms with Gasteiger partial charge in [-0.05, 0) is 48.7 Å². The maximum Gasteiger partial charge on any atom is 0.332 e. The van der Waals surface area contributed by atoms with E-state index in [2.05, 4.69) is 10.4 Å². The van der Waals surface area contributed by atoms with Crippen LogP contribution in [0.2, 0.25) is 0 Å². The average Bonchev–Trinajstić information content (AvgIpc) is 3.25. The Morgan fingerprint density at radius 3 is 2.48 bits per heavy atom. The lowest BCUT2D eigenvalue weighted by atomic mass is 10.1. The normalized spacial score (nSPS) is 11.1. The summed E-state index contributed by atoms with van der Waals surface area (Å²) in [6.45, 7) is 4.03. The maximum atomic E-state index is 13.3. The molecule has 2 aromatic heterocycles. The Morgan fingerprint density at radius 2 is 1.79 bits per heavy atom. The number of aromatic nitrogens is 4. The third-order valence-electron chi connectivity index (χ3n) is 5.44. The molecule has 1 amide bonds. The van der Waals surface area contributed by atoms with E-state index in [9.17, 15) is 18.8 Å². The molecule has 9 heteroatoms. The summed E-state index contributed by atoms with van der Waals surface area (Å²) < 4.78 is 17.1. The van der Waals surface area contributed by atoms with Crippen molar-refractivity contribution in [2.45, 2.75) is 39.9 Å². The number of carbonyl (C=O) groups is 1. The monoisotopic (exact) mass is 449 g/mol. The summed E-state index contributed by atoms with van der Waals surface area (Å²) >= 11 is 0. The van der Waals surface area contributed by atoms with Crippen LogP contribution >= 0.6 is 0 Å². The highest BCUT2D eigenvalue weighted by molar-refractivity contribution is 5.91. The van der Waals surface area contributed by atoms with Gasteiger partial charge in [-0.25, -0.2) is 9.18 Å². The highest BCUT2D eigenvalue weighted by atomic mass is 19.1. The van der Waals surface area contributed by atoms with E-state index in [0.717, 1.165) is 16.6 Å². The van der Waals surface area contributed by atoms with Crippen LogP contribution in [0.15, 0.2) is 64.3 Å². The van der Waals surface area contributed by atoms with Crippen LogP contribution in [0.3, 0.4) is 0 Å². The molecule has 4 aromatic rings. The number of carbonyl (C=O) groups excluding carboxylic acids is 1. The maximum absolute atomic E-state index is 13.3. The molecule has 0 aliphatic carbocycles. The van der Waals surface area contributed by atoms with Crippen LogP contribution in [0, 0.1) is 5.82 Å². The molecule has 0 unspecified atom stereocenters. The summed E-state index contributed by atoms with van der Waals surface area (Å²) in [5.41, 5.74) is 1.48. The molecule has 0 saturated heterocycles. The van der Waals surface area contributed by atoms with Crippen molar-refractivity contribution in [3.8, 4) is 0 Å². The second-order valence-corrected chi connectivity index (χ2v) is 7.71. The van der Waals surface area contributed by atoms with Gasteiger partial charge in [0.2, 0.25) is 5.91 Å². The van der Waals surface area contributed by atoms with E-state index < -0.39 is 23.0 Å². The van der Waals surface area contributed by atoms with Crippen LogP contribution in [0.5, 0.6) is 0 Å². The van der Waals surface area contributed by atoms with Gasteiger partial charge in [0.25, 0.3) is 5.56 Å². The fourth-order valence-electron chi connectivity index (χ4n) is 3.66. The van der Waals surface area contributed by atoms with Crippen LogP contribution in [-0.2, 0) is 30.8 Å². The summed E-state index contributed by atoms with van der Waals surface area (Å²) in [7, 11) is 0. The average molecular weight is 449 g/mol. The summed E-state index contributed by atoms with van der Waals surface area (Å²) in [4.78, 5) is 39.2. The zero-order valence-corrected chi connectivity index (χ0v) is 18.4. The SMILES string of the molecule is CCc1cccc(NC(=O)Cn2c(=O)n(Cc3ccc(F)cc3)c(=O)c3nn(CC)cc32)c1. The molecule has 0 aliphatic rings. The molecule has 0 atom stereocenters. The third kappa shape index (κ3) is 4.62. The number of hydrogen-bond acceptors (Lipinski definition) is 4. The first-order chi connectivity index (χ1) is 15.9. The first-order valence-corrected chi connectivity index (χ1v) is 10.7. The smallest absolute Gasteiger partial charge is 0.325 e. The Labute approximate surface area is 188 Å². The summed E-state index contributed by atoms with van der Waals surface area (Å²) in [6, 6.07) is 13.0. The molecule has 0 aliphatic heterocycles. The molecule has 1 N–H and O–H groups in total. The second kappa shape index (κ2) is 9.23. The van der Waals surface area contributed by atoms with Crippen LogP contribution in [-0.4, -0.2) is 24.8 Å². The van der Waals surface area contributed by atoms with E-state index in [1.165, 1.54) is 28.8 Å². The molecule has 0 spiro atoms. The van der Waals surface area contributed by atoms with Gasteiger partial charge in [-0.3, -0.25) is 23.4 Å². The summed E-state index contributed by atoms with van der Waals surface area (Å²) in [5, 5.41) is 7.11. The molecule has 0 fully saturated rings. The predicted octanol–water partition coefficient (Wildman–Crippen LogP) is 2.77. The Bertz CT molecular complexity index is 1430. The van der Waals surface area contributed by atoms with E-state index in [4.69, 9.17) is 0 Å². The minimum Gasteiger partial charge on any atom is -0.325 e. The number of anilines is 1. The fraction of sp³-hybridized carbons (Fsp3) is 0.250. The van der Waals surface area contributed by atoms with Crippen molar-refractivity contribution >= 4 is 22.6 Å². The number of nitrogens with one attached hydrogen (secondary N) is 1. The molecule has 8 nitrogen and oxygen atoms in total. The molecule has 2 heterocycles. The lowest BCUT2D eigenvalue weighted by Gasteiger charge is -2.12. The highest BCUT2D eigenvalue weighted by Crippen LogP contribution is 2.12. The van der Waals surface area contributed by atoms with Crippen molar-refractivity contribution in [3.05, 3.63) is 92.5 Å². The van der Waals surface area contributed by atoms with Gasteiger partial charge in [-0.2, -0.15) is 5.10 Å². The number of nitrogens with zero attached hydrogens (tertiary/aromatic N) is 4. The molecular formula is C24H24FN5O3. The minimum atomic E-state index is -0.634. The Morgan fingerprint density at radius 1 is 1.03 bits per heavy atom. The van der Waals surface area contributed by atoms with E-state index in [1.54, 1.807) is 16.9 Å². The standard InChI is InChI=1S/C24H24FN5O3/c1-3-16-6-5-7-19(12-16)26-21(31)15-29-20-14-28(4-2)27-22(20)23(32)30(24(29)33)13-17-8-10-18(25)11-9-17/h5-12,14H,3-4,13,15H2,1-2H3,(H,26,31). The fourth-order valence-corrected chi connectivity index (χ4v) is 3.66. The zero-order chi connectivity index (χ0) is 23.5. The zero-order valence-electron chi connectivity index (χ0n) is 18.4. The number of rotatable bonds is 7. The van der Waals surface area contributed by atoms with Gasteiger partial charge in [0.15, 0.2) is 5.52 Å². The first kappa shape index (κ1) is 22.2. The third-order valence-corrected chi connectivity index (χ3v) is 5.44. The molecule has 170 valence electrons. The van der Waals surface area contributed by atoms with Crippen molar-refractivity contribution < 1.29 is 9.18 Å². The first-order valence-electron chi connectivity index (χ1n) is 10.7. The molecule has 33 heavy (non-hydrogen) atoms. The Hall–Kier alpha value is -4.01. The number of halogens is 1. The molecular weight excluding hydrogens is 425 g/mol. The lowest BCUT2D eigenvalue weighted by Crippen LogP contribution is -2.41. The molecule has 0 bridgehead atoms. The lowest BCUT2D eigenvalue weighted by molar-refractivity contribution is -0.116. The Kier molecular flexibility index (Phi) is 6.21. The summed E-state index contributed by atoms with van der Waals surface area (Å²) in [6.07, 6.45) is 2.42. The highest BCUT2D eigenvalue weighted by Gasteiger charge is 2.19. The van der Waals surface area contributed by atoms with E-state index in [1.807, 2.05) is 32.0 Å². The van der Waals surface area contributed by atoms with Gasteiger partial charge in [0, 0.05) is 18.4 Å². The minimum absolute atomic E-state index is 0.0625.